The van der Waals surface area contributed by atoms with Gasteiger partial charge in [-0.2, -0.15) is 0 Å². The van der Waals surface area contributed by atoms with Crippen molar-refractivity contribution in [3.8, 4) is 11.1 Å². The molecule has 0 saturated heterocycles. The van der Waals surface area contributed by atoms with Crippen molar-refractivity contribution in [2.45, 2.75) is 46.1 Å². The molecule has 5 heteroatoms. The zero-order valence-electron chi connectivity index (χ0n) is 17.8. The van der Waals surface area contributed by atoms with Gasteiger partial charge in [0.05, 0.1) is 18.3 Å². The van der Waals surface area contributed by atoms with E-state index >= 15 is 0 Å². The number of aromatic nitrogens is 2. The van der Waals surface area contributed by atoms with Crippen molar-refractivity contribution in [2.24, 2.45) is 0 Å². The third-order valence-electron chi connectivity index (χ3n) is 6.36. The average Bonchev–Trinajstić information content (AvgIpc) is 3.22. The van der Waals surface area contributed by atoms with Crippen LogP contribution in [0.5, 0.6) is 0 Å². The fourth-order valence-corrected chi connectivity index (χ4v) is 5.26. The first-order chi connectivity index (χ1) is 15.0. The number of aryl methyl sites for hydroxylation is 4. The minimum Gasteiger partial charge on any atom is -0.292 e. The number of fused-ring (bicyclic) bond motifs is 2. The van der Waals surface area contributed by atoms with Crippen LogP contribution in [0.25, 0.3) is 21.3 Å². The lowest BCUT2D eigenvalue weighted by atomic mass is 9.89. The maximum atomic E-state index is 13.3. The summed E-state index contributed by atoms with van der Waals surface area (Å²) in [5.74, 6) is -0.0862. The van der Waals surface area contributed by atoms with E-state index < -0.39 is 0 Å². The molecular formula is C26H24N2O2S. The van der Waals surface area contributed by atoms with Gasteiger partial charge in [0.25, 0.3) is 5.56 Å². The molecule has 0 saturated carbocycles. The van der Waals surface area contributed by atoms with E-state index in [-0.39, 0.29) is 17.9 Å². The molecule has 0 spiro atoms. The van der Waals surface area contributed by atoms with Crippen LogP contribution in [0.1, 0.15) is 45.5 Å². The Labute approximate surface area is 185 Å². The summed E-state index contributed by atoms with van der Waals surface area (Å²) in [4.78, 5) is 31.4. The highest BCUT2D eigenvalue weighted by Crippen LogP contribution is 2.33. The number of hydrogen-bond acceptors (Lipinski definition) is 4. The highest BCUT2D eigenvalue weighted by atomic mass is 32.1. The highest BCUT2D eigenvalue weighted by molar-refractivity contribution is 7.17. The van der Waals surface area contributed by atoms with Gasteiger partial charge < -0.3 is 0 Å². The smallest absolute Gasteiger partial charge is 0.263 e. The SMILES string of the molecule is Cc1ccc(C(=O)Cn2cnc3scc(-c4ccc5c(c4)CCCC5)c3c2=O)cc1C. The number of ketones is 1. The molecule has 0 bridgehead atoms. The first-order valence-electron chi connectivity index (χ1n) is 10.7. The topological polar surface area (TPSA) is 52.0 Å². The molecule has 4 aromatic rings. The predicted octanol–water partition coefficient (Wildman–Crippen LogP) is 5.50. The van der Waals surface area contributed by atoms with Gasteiger partial charge in [0.2, 0.25) is 0 Å². The van der Waals surface area contributed by atoms with Crippen LogP contribution in [-0.4, -0.2) is 15.3 Å². The number of hydrogen-bond donors (Lipinski definition) is 0. The second kappa shape index (κ2) is 7.89. The summed E-state index contributed by atoms with van der Waals surface area (Å²) in [6, 6.07) is 12.2. The van der Waals surface area contributed by atoms with Crippen LogP contribution in [0.3, 0.4) is 0 Å². The van der Waals surface area contributed by atoms with Gasteiger partial charge in [-0.3, -0.25) is 14.2 Å². The number of benzene rings is 2. The number of carbonyl (C=O) groups excluding carboxylic acids is 1. The van der Waals surface area contributed by atoms with Crippen LogP contribution in [0.2, 0.25) is 0 Å². The number of nitrogens with zero attached hydrogens (tertiary/aromatic N) is 2. The molecule has 0 amide bonds. The maximum absolute atomic E-state index is 13.3. The maximum Gasteiger partial charge on any atom is 0.263 e. The van der Waals surface area contributed by atoms with Gasteiger partial charge in [0.15, 0.2) is 5.78 Å². The van der Waals surface area contributed by atoms with Gasteiger partial charge in [-0.1, -0.05) is 30.3 Å². The summed E-state index contributed by atoms with van der Waals surface area (Å²) in [5, 5.41) is 2.62. The third kappa shape index (κ3) is 3.63. The summed E-state index contributed by atoms with van der Waals surface area (Å²) in [6.45, 7) is 4.00. The summed E-state index contributed by atoms with van der Waals surface area (Å²) < 4.78 is 1.44. The molecule has 156 valence electrons. The van der Waals surface area contributed by atoms with Gasteiger partial charge in [0, 0.05) is 16.5 Å². The molecule has 1 aliphatic rings. The molecule has 0 radical (unpaired) electrons. The molecule has 31 heavy (non-hydrogen) atoms. The molecule has 2 aromatic heterocycles. The van der Waals surface area contributed by atoms with E-state index in [9.17, 15) is 9.59 Å². The van der Waals surface area contributed by atoms with Crippen molar-refractivity contribution in [1.29, 1.82) is 0 Å². The van der Waals surface area contributed by atoms with Crippen molar-refractivity contribution in [3.63, 3.8) is 0 Å². The van der Waals surface area contributed by atoms with Crippen molar-refractivity contribution in [2.75, 3.05) is 0 Å². The van der Waals surface area contributed by atoms with E-state index in [1.807, 2.05) is 37.4 Å². The predicted molar refractivity (Wildman–Crippen MR) is 126 cm³/mol. The standard InChI is InChI=1S/C26H24N2O2S/c1-16-7-8-21(11-17(16)2)23(29)13-28-15-27-25-24(26(28)30)22(14-31-25)20-10-9-18-5-3-4-6-19(18)12-20/h7-12,14-15H,3-6,13H2,1-2H3. The van der Waals surface area contributed by atoms with Crippen LogP contribution in [-0.2, 0) is 19.4 Å². The molecule has 0 N–H and O–H groups in total. The molecule has 5 rings (SSSR count). The molecular weight excluding hydrogens is 404 g/mol. The lowest BCUT2D eigenvalue weighted by molar-refractivity contribution is 0.0970. The van der Waals surface area contributed by atoms with Gasteiger partial charge in [-0.15, -0.1) is 11.3 Å². The Bertz CT molecular complexity index is 1380. The Balaban J connectivity index is 1.53. The minimum absolute atomic E-state index is 0.0102. The summed E-state index contributed by atoms with van der Waals surface area (Å²) >= 11 is 1.48. The van der Waals surface area contributed by atoms with E-state index in [4.69, 9.17) is 0 Å². The van der Waals surface area contributed by atoms with Crippen LogP contribution in [0, 0.1) is 13.8 Å². The van der Waals surface area contributed by atoms with Crippen LogP contribution >= 0.6 is 11.3 Å². The molecule has 1 aliphatic carbocycles. The van der Waals surface area contributed by atoms with Crippen molar-refractivity contribution >= 4 is 27.3 Å². The van der Waals surface area contributed by atoms with E-state index in [0.29, 0.717) is 15.8 Å². The first-order valence-corrected chi connectivity index (χ1v) is 11.6. The zero-order chi connectivity index (χ0) is 21.5. The second-order valence-electron chi connectivity index (χ2n) is 8.42. The zero-order valence-corrected chi connectivity index (χ0v) is 18.6. The summed E-state index contributed by atoms with van der Waals surface area (Å²) in [5.41, 5.74) is 7.46. The number of Topliss-reactive ketones (excluding diaryl/α,β-unsaturated/α-hetero) is 1. The Morgan fingerprint density at radius 3 is 2.65 bits per heavy atom. The van der Waals surface area contributed by atoms with Crippen molar-refractivity contribution in [3.05, 3.63) is 86.3 Å². The summed E-state index contributed by atoms with van der Waals surface area (Å²) in [7, 11) is 0. The largest absolute Gasteiger partial charge is 0.292 e. The summed E-state index contributed by atoms with van der Waals surface area (Å²) in [6.07, 6.45) is 6.19. The van der Waals surface area contributed by atoms with Gasteiger partial charge in [-0.05, 0) is 73.4 Å². The van der Waals surface area contributed by atoms with Gasteiger partial charge >= 0.3 is 0 Å². The Hall–Kier alpha value is -3.05. The Morgan fingerprint density at radius 2 is 1.84 bits per heavy atom. The van der Waals surface area contributed by atoms with Gasteiger partial charge in [-0.25, -0.2) is 4.98 Å². The minimum atomic E-state index is -0.156. The lowest BCUT2D eigenvalue weighted by Gasteiger charge is -2.16. The quantitative estimate of drug-likeness (QED) is 0.403. The van der Waals surface area contributed by atoms with Crippen LogP contribution in [0.4, 0.5) is 0 Å². The second-order valence-corrected chi connectivity index (χ2v) is 9.28. The molecule has 0 fully saturated rings. The molecule has 0 atom stereocenters. The Kier molecular flexibility index (Phi) is 5.06. The highest BCUT2D eigenvalue weighted by Gasteiger charge is 2.17. The molecule has 0 aliphatic heterocycles. The lowest BCUT2D eigenvalue weighted by Crippen LogP contribution is -2.24. The molecule has 2 heterocycles. The van der Waals surface area contributed by atoms with E-state index in [1.165, 1.54) is 46.2 Å². The molecule has 2 aromatic carbocycles. The monoisotopic (exact) mass is 428 g/mol. The number of thiophene rings is 1. The van der Waals surface area contributed by atoms with Crippen LogP contribution < -0.4 is 5.56 Å². The number of rotatable bonds is 4. The third-order valence-corrected chi connectivity index (χ3v) is 7.25. The molecule has 4 nitrogen and oxygen atoms in total. The van der Waals surface area contributed by atoms with E-state index in [0.717, 1.165) is 35.1 Å². The fourth-order valence-electron chi connectivity index (χ4n) is 4.35. The Morgan fingerprint density at radius 1 is 1.03 bits per heavy atom. The number of carbonyl (C=O) groups is 1. The van der Waals surface area contributed by atoms with Crippen molar-refractivity contribution < 1.29 is 4.79 Å². The van der Waals surface area contributed by atoms with Gasteiger partial charge in [0.1, 0.15) is 4.83 Å². The normalized spacial score (nSPS) is 13.4. The average molecular weight is 429 g/mol. The fraction of sp³-hybridized carbons (Fsp3) is 0.269. The molecule has 0 unspecified atom stereocenters. The van der Waals surface area contributed by atoms with Crippen LogP contribution in [0.15, 0.2) is 52.9 Å². The first kappa shape index (κ1) is 19.9. The van der Waals surface area contributed by atoms with E-state index in [1.54, 1.807) is 0 Å². The van der Waals surface area contributed by atoms with Crippen molar-refractivity contribution in [1.82, 2.24) is 9.55 Å². The van der Waals surface area contributed by atoms with E-state index in [2.05, 4.69) is 23.2 Å².